The van der Waals surface area contributed by atoms with Gasteiger partial charge in [-0.2, -0.15) is 0 Å². The number of nitrogens with zero attached hydrogens (tertiary/aromatic N) is 2. The van der Waals surface area contributed by atoms with Crippen molar-refractivity contribution in [3.8, 4) is 0 Å². The molecule has 0 saturated carbocycles. The Balaban J connectivity index is 1.60. The topological polar surface area (TPSA) is 42.4 Å². The van der Waals surface area contributed by atoms with Gasteiger partial charge in [-0.25, -0.2) is 0 Å². The number of hydrogen-bond donors (Lipinski definition) is 0. The van der Waals surface area contributed by atoms with Gasteiger partial charge in [0.15, 0.2) is 5.78 Å². The Morgan fingerprint density at radius 2 is 1.96 bits per heavy atom. The molecule has 0 atom stereocenters. The van der Waals surface area contributed by atoms with E-state index in [-0.39, 0.29) is 12.4 Å². The number of pyridine rings is 1. The van der Waals surface area contributed by atoms with E-state index in [1.165, 1.54) is 5.56 Å². The summed E-state index contributed by atoms with van der Waals surface area (Å²) in [5, 5.41) is 0.680. The van der Waals surface area contributed by atoms with Gasteiger partial charge in [-0.1, -0.05) is 41.9 Å². The highest BCUT2D eigenvalue weighted by Crippen LogP contribution is 2.34. The number of anilines is 1. The number of benzene rings is 1. The number of ketones is 1. The fourth-order valence-corrected chi connectivity index (χ4v) is 3.94. The van der Waals surface area contributed by atoms with Crippen LogP contribution in [0.2, 0.25) is 5.02 Å². The van der Waals surface area contributed by atoms with Crippen LogP contribution in [0.5, 0.6) is 0 Å². The Hall–Kier alpha value is -1.91. The maximum absolute atomic E-state index is 11.8. The van der Waals surface area contributed by atoms with Gasteiger partial charge in [-0.3, -0.25) is 9.78 Å². The highest BCUT2D eigenvalue weighted by atomic mass is 35.5. The van der Waals surface area contributed by atoms with Crippen LogP contribution in [-0.2, 0) is 16.0 Å². The van der Waals surface area contributed by atoms with E-state index in [9.17, 15) is 4.79 Å². The number of halogens is 1. The first-order valence-electron chi connectivity index (χ1n) is 9.71. The molecule has 1 aromatic heterocycles. The summed E-state index contributed by atoms with van der Waals surface area (Å²) in [7, 11) is 0. The number of Topliss-reactive ketones (excluding diaryl/α,β-unsaturated/α-hetero) is 1. The Morgan fingerprint density at radius 1 is 1.22 bits per heavy atom. The fraction of sp³-hybridized carbons (Fsp3) is 0.455. The maximum Gasteiger partial charge on any atom is 0.158 e. The van der Waals surface area contributed by atoms with Gasteiger partial charge in [0.2, 0.25) is 0 Å². The van der Waals surface area contributed by atoms with Crippen LogP contribution in [0.25, 0.3) is 0 Å². The van der Waals surface area contributed by atoms with Crippen LogP contribution < -0.4 is 4.90 Å². The van der Waals surface area contributed by atoms with Gasteiger partial charge in [0, 0.05) is 32.3 Å². The van der Waals surface area contributed by atoms with Crippen molar-refractivity contribution in [2.45, 2.75) is 38.5 Å². The number of piperidine rings is 1. The normalized spacial score (nSPS) is 15.1. The van der Waals surface area contributed by atoms with E-state index in [1.807, 2.05) is 13.0 Å². The molecule has 0 aliphatic carbocycles. The van der Waals surface area contributed by atoms with E-state index >= 15 is 0 Å². The number of hydrogen-bond acceptors (Lipinski definition) is 4. The molecule has 0 amide bonds. The predicted octanol–water partition coefficient (Wildman–Crippen LogP) is 4.66. The molecule has 1 saturated heterocycles. The summed E-state index contributed by atoms with van der Waals surface area (Å²) in [6.07, 6.45) is 4.99. The van der Waals surface area contributed by atoms with E-state index in [2.05, 4.69) is 40.2 Å². The Bertz CT molecular complexity index is 743. The highest BCUT2D eigenvalue weighted by Gasteiger charge is 2.23. The van der Waals surface area contributed by atoms with E-state index in [0.717, 1.165) is 37.3 Å². The molecule has 3 rings (SSSR count). The fourth-order valence-electron chi connectivity index (χ4n) is 3.62. The zero-order valence-electron chi connectivity index (χ0n) is 15.9. The summed E-state index contributed by atoms with van der Waals surface area (Å²) in [4.78, 5) is 18.6. The minimum atomic E-state index is 0.0868. The minimum absolute atomic E-state index is 0.0868. The van der Waals surface area contributed by atoms with E-state index in [1.54, 1.807) is 6.20 Å². The predicted molar refractivity (Wildman–Crippen MR) is 110 cm³/mol. The molecule has 0 N–H and O–H groups in total. The van der Waals surface area contributed by atoms with Crippen LogP contribution in [0.4, 0.5) is 5.69 Å². The number of ether oxygens (including phenoxy) is 1. The molecule has 144 valence electrons. The largest absolute Gasteiger partial charge is 0.374 e. The SMILES string of the molecule is CCOCC(=O)CCc1nccc(N2CCC(c3ccccc3)CC2)c1Cl. The quantitative estimate of drug-likeness (QED) is 0.661. The molecule has 2 heterocycles. The zero-order valence-corrected chi connectivity index (χ0v) is 16.6. The molecule has 0 radical (unpaired) electrons. The Kier molecular flexibility index (Phi) is 7.25. The molecular weight excluding hydrogens is 360 g/mol. The van der Waals surface area contributed by atoms with Crippen molar-refractivity contribution in [2.75, 3.05) is 31.2 Å². The summed E-state index contributed by atoms with van der Waals surface area (Å²) in [5.41, 5.74) is 3.25. The van der Waals surface area contributed by atoms with Gasteiger partial charge in [-0.15, -0.1) is 0 Å². The standard InChI is InChI=1S/C22H27ClN2O2/c1-2-27-16-19(26)8-9-20-22(23)21(10-13-24-20)25-14-11-18(12-15-25)17-6-4-3-5-7-17/h3-7,10,13,18H,2,8-9,11-12,14-16H2,1H3. The van der Waals surface area contributed by atoms with Crippen molar-refractivity contribution >= 4 is 23.1 Å². The molecule has 1 aliphatic heterocycles. The average molecular weight is 387 g/mol. The van der Waals surface area contributed by atoms with Crippen LogP contribution in [0.3, 0.4) is 0 Å². The molecular formula is C22H27ClN2O2. The summed E-state index contributed by atoms with van der Waals surface area (Å²) in [6, 6.07) is 12.7. The Morgan fingerprint density at radius 3 is 2.67 bits per heavy atom. The summed E-state index contributed by atoms with van der Waals surface area (Å²) < 4.78 is 5.17. The van der Waals surface area contributed by atoms with E-state index in [4.69, 9.17) is 16.3 Å². The van der Waals surface area contributed by atoms with Crippen LogP contribution in [0, 0.1) is 0 Å². The smallest absolute Gasteiger partial charge is 0.158 e. The van der Waals surface area contributed by atoms with Crippen molar-refractivity contribution in [1.82, 2.24) is 4.98 Å². The van der Waals surface area contributed by atoms with Gasteiger partial charge < -0.3 is 9.64 Å². The van der Waals surface area contributed by atoms with Crippen molar-refractivity contribution in [2.24, 2.45) is 0 Å². The molecule has 2 aromatic rings. The van der Waals surface area contributed by atoms with E-state index in [0.29, 0.717) is 30.4 Å². The lowest BCUT2D eigenvalue weighted by atomic mass is 9.89. The van der Waals surface area contributed by atoms with Crippen LogP contribution in [0.15, 0.2) is 42.6 Å². The maximum atomic E-state index is 11.8. The van der Waals surface area contributed by atoms with Crippen LogP contribution in [-0.4, -0.2) is 37.1 Å². The first kappa shape index (κ1) is 19.8. The average Bonchev–Trinajstić information content (AvgIpc) is 2.72. The lowest BCUT2D eigenvalue weighted by molar-refractivity contribution is -0.123. The second kappa shape index (κ2) is 9.86. The third-order valence-corrected chi connectivity index (χ3v) is 5.57. The van der Waals surface area contributed by atoms with Gasteiger partial charge >= 0.3 is 0 Å². The van der Waals surface area contributed by atoms with E-state index < -0.39 is 0 Å². The number of aromatic nitrogens is 1. The van der Waals surface area contributed by atoms with Crippen LogP contribution in [0.1, 0.15) is 43.4 Å². The summed E-state index contributed by atoms with van der Waals surface area (Å²) in [5.74, 6) is 0.697. The van der Waals surface area contributed by atoms with Crippen molar-refractivity contribution in [1.29, 1.82) is 0 Å². The van der Waals surface area contributed by atoms with Gasteiger partial charge in [0.25, 0.3) is 0 Å². The first-order valence-corrected chi connectivity index (χ1v) is 10.1. The number of aryl methyl sites for hydroxylation is 1. The molecule has 0 unspecified atom stereocenters. The van der Waals surface area contributed by atoms with Crippen molar-refractivity contribution in [3.63, 3.8) is 0 Å². The lowest BCUT2D eigenvalue weighted by Crippen LogP contribution is -2.33. The molecule has 1 fully saturated rings. The molecule has 1 aliphatic rings. The molecule has 1 aromatic carbocycles. The number of carbonyl (C=O) groups excluding carboxylic acids is 1. The highest BCUT2D eigenvalue weighted by molar-refractivity contribution is 6.33. The second-order valence-electron chi connectivity index (χ2n) is 6.94. The molecule has 5 heteroatoms. The van der Waals surface area contributed by atoms with Gasteiger partial charge in [0.1, 0.15) is 6.61 Å². The van der Waals surface area contributed by atoms with Crippen molar-refractivity contribution in [3.05, 3.63) is 58.9 Å². The summed E-state index contributed by atoms with van der Waals surface area (Å²) in [6.45, 7) is 4.56. The minimum Gasteiger partial charge on any atom is -0.374 e. The first-order chi connectivity index (χ1) is 13.2. The Labute approximate surface area is 166 Å². The van der Waals surface area contributed by atoms with Gasteiger partial charge in [-0.05, 0) is 43.7 Å². The molecule has 0 spiro atoms. The molecule has 27 heavy (non-hydrogen) atoms. The van der Waals surface area contributed by atoms with Crippen molar-refractivity contribution < 1.29 is 9.53 Å². The zero-order chi connectivity index (χ0) is 19.1. The summed E-state index contributed by atoms with van der Waals surface area (Å²) >= 11 is 6.64. The van der Waals surface area contributed by atoms with Gasteiger partial charge in [0.05, 0.1) is 16.4 Å². The third-order valence-electron chi connectivity index (χ3n) is 5.16. The molecule has 4 nitrogen and oxygen atoms in total. The van der Waals surface area contributed by atoms with Crippen LogP contribution >= 0.6 is 11.6 Å². The third kappa shape index (κ3) is 5.30. The number of carbonyl (C=O) groups is 1. The number of rotatable bonds is 8. The lowest BCUT2D eigenvalue weighted by Gasteiger charge is -2.34. The molecule has 0 bridgehead atoms. The monoisotopic (exact) mass is 386 g/mol. The second-order valence-corrected chi connectivity index (χ2v) is 7.32.